The summed E-state index contributed by atoms with van der Waals surface area (Å²) in [6.45, 7) is 3.12. The van der Waals surface area contributed by atoms with Crippen LogP contribution in [0, 0.1) is 5.92 Å². The predicted molar refractivity (Wildman–Crippen MR) is 70.1 cm³/mol. The van der Waals surface area contributed by atoms with Crippen LogP contribution in [-0.4, -0.2) is 19.6 Å². The van der Waals surface area contributed by atoms with E-state index in [4.69, 9.17) is 17.3 Å². The Morgan fingerprint density at radius 2 is 1.81 bits per heavy atom. The third kappa shape index (κ3) is 2.89. The molecule has 88 valence electrons. The normalized spacial score (nSPS) is 17.8. The minimum Gasteiger partial charge on any atom is -0.372 e. The number of benzene rings is 1. The fraction of sp³-hybridized carbons (Fsp3) is 0.538. The van der Waals surface area contributed by atoms with Gasteiger partial charge < -0.3 is 10.6 Å². The Kier molecular flexibility index (Phi) is 4.08. The van der Waals surface area contributed by atoms with Gasteiger partial charge in [0.2, 0.25) is 0 Å². The third-order valence-electron chi connectivity index (χ3n) is 3.38. The Balaban J connectivity index is 1.91. The summed E-state index contributed by atoms with van der Waals surface area (Å²) in [5, 5.41) is 0.807. The quantitative estimate of drug-likeness (QED) is 0.878. The summed E-state index contributed by atoms with van der Waals surface area (Å²) >= 11 is 5.88. The van der Waals surface area contributed by atoms with Gasteiger partial charge in [0.05, 0.1) is 0 Å². The lowest BCUT2D eigenvalue weighted by molar-refractivity contribution is 0.386. The molecule has 2 nitrogen and oxygen atoms in total. The van der Waals surface area contributed by atoms with E-state index in [2.05, 4.69) is 17.0 Å². The Labute approximate surface area is 102 Å². The fourth-order valence-corrected chi connectivity index (χ4v) is 2.49. The molecule has 0 saturated carbocycles. The van der Waals surface area contributed by atoms with Gasteiger partial charge in [-0.1, -0.05) is 11.6 Å². The van der Waals surface area contributed by atoms with E-state index in [1.165, 1.54) is 24.9 Å². The number of halogens is 1. The number of hydrogen-bond donors (Lipinski definition) is 1. The van der Waals surface area contributed by atoms with Crippen LogP contribution in [0.25, 0.3) is 0 Å². The maximum Gasteiger partial charge on any atom is 0.0407 e. The molecule has 1 fully saturated rings. The Morgan fingerprint density at radius 1 is 1.19 bits per heavy atom. The molecular weight excluding hydrogens is 220 g/mol. The average molecular weight is 239 g/mol. The number of nitrogens with two attached hydrogens (primary N) is 1. The standard InChI is InChI=1S/C13H19ClN2/c14-12-1-3-13(4-2-12)16-9-6-11(5-8-15)7-10-16/h1-4,11H,5-10,15H2. The van der Waals surface area contributed by atoms with Crippen LogP contribution in [0.5, 0.6) is 0 Å². The Bertz CT molecular complexity index is 315. The van der Waals surface area contributed by atoms with Crippen LogP contribution in [0.4, 0.5) is 5.69 Å². The summed E-state index contributed by atoms with van der Waals surface area (Å²) in [6, 6.07) is 8.13. The highest BCUT2D eigenvalue weighted by atomic mass is 35.5. The highest BCUT2D eigenvalue weighted by Gasteiger charge is 2.18. The fourth-order valence-electron chi connectivity index (χ4n) is 2.37. The van der Waals surface area contributed by atoms with Gasteiger partial charge in [-0.15, -0.1) is 0 Å². The molecule has 16 heavy (non-hydrogen) atoms. The van der Waals surface area contributed by atoms with Crippen molar-refractivity contribution in [2.75, 3.05) is 24.5 Å². The maximum absolute atomic E-state index is 5.88. The molecule has 1 aliphatic rings. The molecule has 2 rings (SSSR count). The summed E-state index contributed by atoms with van der Waals surface area (Å²) in [5.41, 5.74) is 6.88. The SMILES string of the molecule is NCCC1CCN(c2ccc(Cl)cc2)CC1. The summed E-state index contributed by atoms with van der Waals surface area (Å²) in [7, 11) is 0. The Hall–Kier alpha value is -0.730. The van der Waals surface area contributed by atoms with Crippen molar-refractivity contribution in [3.05, 3.63) is 29.3 Å². The lowest BCUT2D eigenvalue weighted by atomic mass is 9.93. The van der Waals surface area contributed by atoms with Gasteiger partial charge in [0.1, 0.15) is 0 Å². The number of piperidine rings is 1. The van der Waals surface area contributed by atoms with Gasteiger partial charge in [0.15, 0.2) is 0 Å². The van der Waals surface area contributed by atoms with Gasteiger partial charge in [-0.2, -0.15) is 0 Å². The van der Waals surface area contributed by atoms with Gasteiger partial charge in [-0.05, 0) is 56.0 Å². The van der Waals surface area contributed by atoms with Crippen molar-refractivity contribution in [2.24, 2.45) is 11.7 Å². The highest BCUT2D eigenvalue weighted by molar-refractivity contribution is 6.30. The second-order valence-electron chi connectivity index (χ2n) is 4.48. The van der Waals surface area contributed by atoms with Crippen molar-refractivity contribution in [3.8, 4) is 0 Å². The first-order valence-corrected chi connectivity index (χ1v) is 6.38. The van der Waals surface area contributed by atoms with Crippen LogP contribution < -0.4 is 10.6 Å². The van der Waals surface area contributed by atoms with E-state index in [9.17, 15) is 0 Å². The van der Waals surface area contributed by atoms with E-state index in [0.29, 0.717) is 0 Å². The smallest absolute Gasteiger partial charge is 0.0407 e. The summed E-state index contributed by atoms with van der Waals surface area (Å²) in [6.07, 6.45) is 3.70. The monoisotopic (exact) mass is 238 g/mol. The molecule has 0 atom stereocenters. The van der Waals surface area contributed by atoms with Gasteiger partial charge in [0.25, 0.3) is 0 Å². The molecule has 1 aliphatic heterocycles. The van der Waals surface area contributed by atoms with Crippen molar-refractivity contribution in [1.29, 1.82) is 0 Å². The second-order valence-corrected chi connectivity index (χ2v) is 4.92. The first-order chi connectivity index (χ1) is 7.79. The van der Waals surface area contributed by atoms with Crippen molar-refractivity contribution in [3.63, 3.8) is 0 Å². The van der Waals surface area contributed by atoms with Crippen LogP contribution in [0.1, 0.15) is 19.3 Å². The third-order valence-corrected chi connectivity index (χ3v) is 3.63. The van der Waals surface area contributed by atoms with Crippen LogP contribution >= 0.6 is 11.6 Å². The molecule has 0 unspecified atom stereocenters. The first kappa shape index (κ1) is 11.7. The molecule has 0 spiro atoms. The van der Waals surface area contributed by atoms with E-state index in [1.54, 1.807) is 0 Å². The number of hydrogen-bond acceptors (Lipinski definition) is 2. The van der Waals surface area contributed by atoms with Crippen molar-refractivity contribution < 1.29 is 0 Å². The van der Waals surface area contributed by atoms with Crippen molar-refractivity contribution >= 4 is 17.3 Å². The minimum absolute atomic E-state index is 0.807. The van der Waals surface area contributed by atoms with E-state index < -0.39 is 0 Å². The molecule has 1 aromatic rings. The zero-order valence-corrected chi connectivity index (χ0v) is 10.3. The average Bonchev–Trinajstić information content (AvgIpc) is 2.32. The molecule has 1 heterocycles. The van der Waals surface area contributed by atoms with Crippen molar-refractivity contribution in [1.82, 2.24) is 0 Å². The number of rotatable bonds is 3. The van der Waals surface area contributed by atoms with Crippen LogP contribution in [0.15, 0.2) is 24.3 Å². The van der Waals surface area contributed by atoms with Crippen LogP contribution in [-0.2, 0) is 0 Å². The van der Waals surface area contributed by atoms with E-state index in [-0.39, 0.29) is 0 Å². The van der Waals surface area contributed by atoms with Gasteiger partial charge >= 0.3 is 0 Å². The molecular formula is C13H19ClN2. The van der Waals surface area contributed by atoms with Crippen LogP contribution in [0.3, 0.4) is 0 Å². The molecule has 0 bridgehead atoms. The molecule has 0 aliphatic carbocycles. The van der Waals surface area contributed by atoms with Gasteiger partial charge in [-0.25, -0.2) is 0 Å². The van der Waals surface area contributed by atoms with E-state index >= 15 is 0 Å². The zero-order chi connectivity index (χ0) is 11.4. The summed E-state index contributed by atoms with van der Waals surface area (Å²) in [4.78, 5) is 2.43. The molecule has 1 saturated heterocycles. The second kappa shape index (κ2) is 5.55. The largest absolute Gasteiger partial charge is 0.372 e. The Morgan fingerprint density at radius 3 is 2.38 bits per heavy atom. The lowest BCUT2D eigenvalue weighted by Crippen LogP contribution is -2.34. The van der Waals surface area contributed by atoms with E-state index in [0.717, 1.165) is 30.6 Å². The molecule has 3 heteroatoms. The first-order valence-electron chi connectivity index (χ1n) is 6.00. The topological polar surface area (TPSA) is 29.3 Å². The zero-order valence-electron chi connectivity index (χ0n) is 9.53. The predicted octanol–water partition coefficient (Wildman–Crippen LogP) is 2.91. The molecule has 0 aromatic heterocycles. The molecule has 0 radical (unpaired) electrons. The summed E-state index contributed by atoms with van der Waals surface area (Å²) in [5.74, 6) is 0.827. The molecule has 2 N–H and O–H groups in total. The molecule has 1 aromatic carbocycles. The lowest BCUT2D eigenvalue weighted by Gasteiger charge is -2.33. The highest BCUT2D eigenvalue weighted by Crippen LogP contribution is 2.25. The minimum atomic E-state index is 0.807. The van der Waals surface area contributed by atoms with Crippen LogP contribution in [0.2, 0.25) is 5.02 Å². The van der Waals surface area contributed by atoms with Gasteiger partial charge in [0, 0.05) is 23.8 Å². The number of anilines is 1. The summed E-state index contributed by atoms with van der Waals surface area (Å²) < 4.78 is 0. The van der Waals surface area contributed by atoms with Gasteiger partial charge in [-0.3, -0.25) is 0 Å². The molecule has 0 amide bonds. The maximum atomic E-state index is 5.88. The van der Waals surface area contributed by atoms with Crippen molar-refractivity contribution in [2.45, 2.75) is 19.3 Å². The number of nitrogens with zero attached hydrogens (tertiary/aromatic N) is 1. The van der Waals surface area contributed by atoms with E-state index in [1.807, 2.05) is 12.1 Å².